The fraction of sp³-hybridized carbons (Fsp3) is 0.125. The quantitative estimate of drug-likeness (QED) is 0.764. The van der Waals surface area contributed by atoms with Gasteiger partial charge in [0, 0.05) is 29.2 Å². The van der Waals surface area contributed by atoms with Gasteiger partial charge in [-0.3, -0.25) is 0 Å². The number of nitrogens with two attached hydrogens (primary N) is 1. The Hall–Kier alpha value is -2.33. The highest BCUT2D eigenvalue weighted by Crippen LogP contribution is 2.22. The third-order valence-electron chi connectivity index (χ3n) is 3.28. The zero-order valence-electron chi connectivity index (χ0n) is 10.9. The molecule has 0 saturated carbocycles. The average molecular weight is 270 g/mol. The summed E-state index contributed by atoms with van der Waals surface area (Å²) in [5.41, 5.74) is 8.86. The molecular formula is C16H15FN2O. The molecule has 0 aliphatic rings. The molecule has 3 nitrogen and oxygen atoms in total. The third kappa shape index (κ3) is 2.51. The Morgan fingerprint density at radius 1 is 1.10 bits per heavy atom. The molecule has 4 heteroatoms. The van der Waals surface area contributed by atoms with E-state index in [-0.39, 0.29) is 5.82 Å². The number of aromatic nitrogens is 1. The molecular weight excluding hydrogens is 255 g/mol. The van der Waals surface area contributed by atoms with Crippen LogP contribution in [0.1, 0.15) is 11.1 Å². The molecule has 1 aromatic heterocycles. The lowest BCUT2D eigenvalue weighted by atomic mass is 10.1. The lowest BCUT2D eigenvalue weighted by molar-refractivity contribution is 0.307. The van der Waals surface area contributed by atoms with Gasteiger partial charge >= 0.3 is 0 Å². The molecule has 0 bridgehead atoms. The maximum absolute atomic E-state index is 12.8. The normalized spacial score (nSPS) is 10.9. The van der Waals surface area contributed by atoms with Gasteiger partial charge in [-0.15, -0.1) is 0 Å². The van der Waals surface area contributed by atoms with Crippen LogP contribution in [-0.4, -0.2) is 4.98 Å². The summed E-state index contributed by atoms with van der Waals surface area (Å²) in [7, 11) is 0. The third-order valence-corrected chi connectivity index (χ3v) is 3.28. The summed E-state index contributed by atoms with van der Waals surface area (Å²) in [5.74, 6) is 0.382. The Labute approximate surface area is 116 Å². The second-order valence-electron chi connectivity index (χ2n) is 4.64. The highest BCUT2D eigenvalue weighted by Gasteiger charge is 2.05. The molecule has 0 aliphatic heterocycles. The standard InChI is InChI=1S/C16H15FN2O/c17-13-2-4-14(5-3-13)20-10-12-9-19-16-6-1-11(8-18)7-15(12)16/h1-7,9,19H,8,10,18H2. The number of hydrogen-bond donors (Lipinski definition) is 2. The summed E-state index contributed by atoms with van der Waals surface area (Å²) in [6, 6.07) is 12.1. The maximum Gasteiger partial charge on any atom is 0.123 e. The van der Waals surface area contributed by atoms with E-state index < -0.39 is 0 Å². The number of halogens is 1. The number of hydrogen-bond acceptors (Lipinski definition) is 2. The molecule has 3 aromatic rings. The number of H-pyrrole nitrogens is 1. The van der Waals surface area contributed by atoms with E-state index in [1.165, 1.54) is 12.1 Å². The molecule has 0 saturated heterocycles. The summed E-state index contributed by atoms with van der Waals surface area (Å²) < 4.78 is 18.5. The first-order valence-corrected chi connectivity index (χ1v) is 6.43. The molecule has 0 amide bonds. The van der Waals surface area contributed by atoms with Gasteiger partial charge in [-0.2, -0.15) is 0 Å². The molecule has 0 aliphatic carbocycles. The highest BCUT2D eigenvalue weighted by molar-refractivity contribution is 5.83. The average Bonchev–Trinajstić information content (AvgIpc) is 2.89. The van der Waals surface area contributed by atoms with Gasteiger partial charge in [-0.1, -0.05) is 6.07 Å². The molecule has 20 heavy (non-hydrogen) atoms. The summed E-state index contributed by atoms with van der Waals surface area (Å²) in [5, 5.41) is 1.11. The van der Waals surface area contributed by atoms with Crippen molar-refractivity contribution < 1.29 is 9.13 Å². The molecule has 0 atom stereocenters. The first-order valence-electron chi connectivity index (χ1n) is 6.43. The lowest BCUT2D eigenvalue weighted by Crippen LogP contribution is -1.97. The zero-order chi connectivity index (χ0) is 13.9. The Morgan fingerprint density at radius 2 is 1.90 bits per heavy atom. The predicted octanol–water partition coefficient (Wildman–Crippen LogP) is 3.34. The lowest BCUT2D eigenvalue weighted by Gasteiger charge is -2.05. The van der Waals surface area contributed by atoms with Gasteiger partial charge < -0.3 is 15.5 Å². The molecule has 3 N–H and O–H groups in total. The van der Waals surface area contributed by atoms with Crippen LogP contribution in [-0.2, 0) is 13.2 Å². The summed E-state index contributed by atoms with van der Waals surface area (Å²) >= 11 is 0. The summed E-state index contributed by atoms with van der Waals surface area (Å²) in [6.07, 6.45) is 1.93. The Kier molecular flexibility index (Phi) is 3.39. The van der Waals surface area contributed by atoms with Crippen molar-refractivity contribution in [1.29, 1.82) is 0 Å². The largest absolute Gasteiger partial charge is 0.489 e. The molecule has 102 valence electrons. The number of benzene rings is 2. The summed E-state index contributed by atoms with van der Waals surface area (Å²) in [4.78, 5) is 3.20. The second kappa shape index (κ2) is 5.35. The van der Waals surface area contributed by atoms with Gasteiger partial charge in [-0.05, 0) is 42.0 Å². The summed E-state index contributed by atoms with van der Waals surface area (Å²) in [6.45, 7) is 0.943. The fourth-order valence-electron chi connectivity index (χ4n) is 2.16. The second-order valence-corrected chi connectivity index (χ2v) is 4.64. The van der Waals surface area contributed by atoms with Crippen LogP contribution in [0.25, 0.3) is 10.9 Å². The van der Waals surface area contributed by atoms with Crippen molar-refractivity contribution in [3.8, 4) is 5.75 Å². The van der Waals surface area contributed by atoms with Crippen molar-refractivity contribution in [2.75, 3.05) is 0 Å². The van der Waals surface area contributed by atoms with Gasteiger partial charge in [0.15, 0.2) is 0 Å². The van der Waals surface area contributed by atoms with Crippen LogP contribution in [0, 0.1) is 5.82 Å². The number of nitrogens with one attached hydrogen (secondary N) is 1. The number of ether oxygens (including phenoxy) is 1. The number of aromatic amines is 1. The SMILES string of the molecule is NCc1ccc2[nH]cc(COc3ccc(F)cc3)c2c1. The van der Waals surface area contributed by atoms with Crippen molar-refractivity contribution in [3.05, 3.63) is 65.6 Å². The Balaban J connectivity index is 1.81. The van der Waals surface area contributed by atoms with Crippen molar-refractivity contribution in [2.24, 2.45) is 5.73 Å². The minimum absolute atomic E-state index is 0.267. The van der Waals surface area contributed by atoms with Crippen LogP contribution in [0.2, 0.25) is 0 Å². The molecule has 0 unspecified atom stereocenters. The van der Waals surface area contributed by atoms with Gasteiger partial charge in [0.25, 0.3) is 0 Å². The van der Waals surface area contributed by atoms with Crippen LogP contribution in [0.4, 0.5) is 4.39 Å². The molecule has 0 spiro atoms. The first-order chi connectivity index (χ1) is 9.76. The molecule has 2 aromatic carbocycles. The van der Waals surface area contributed by atoms with Crippen molar-refractivity contribution in [3.63, 3.8) is 0 Å². The van der Waals surface area contributed by atoms with E-state index >= 15 is 0 Å². The number of fused-ring (bicyclic) bond motifs is 1. The molecule has 3 rings (SSSR count). The van der Waals surface area contributed by atoms with Crippen molar-refractivity contribution in [2.45, 2.75) is 13.2 Å². The zero-order valence-corrected chi connectivity index (χ0v) is 10.9. The van der Waals surface area contributed by atoms with E-state index in [4.69, 9.17) is 10.5 Å². The minimum Gasteiger partial charge on any atom is -0.489 e. The topological polar surface area (TPSA) is 51.0 Å². The van der Waals surface area contributed by atoms with Gasteiger partial charge in [-0.25, -0.2) is 4.39 Å². The highest BCUT2D eigenvalue weighted by atomic mass is 19.1. The van der Waals surface area contributed by atoms with Gasteiger partial charge in [0.2, 0.25) is 0 Å². The number of rotatable bonds is 4. The van der Waals surface area contributed by atoms with Crippen LogP contribution in [0.15, 0.2) is 48.7 Å². The van der Waals surface area contributed by atoms with E-state index in [0.717, 1.165) is 22.0 Å². The van der Waals surface area contributed by atoms with E-state index in [1.54, 1.807) is 12.1 Å². The van der Waals surface area contributed by atoms with Gasteiger partial charge in [0.1, 0.15) is 18.2 Å². The van der Waals surface area contributed by atoms with E-state index in [9.17, 15) is 4.39 Å². The first kappa shape index (κ1) is 12.7. The fourth-order valence-corrected chi connectivity index (χ4v) is 2.16. The van der Waals surface area contributed by atoms with E-state index in [0.29, 0.717) is 18.9 Å². The monoisotopic (exact) mass is 270 g/mol. The van der Waals surface area contributed by atoms with Crippen LogP contribution < -0.4 is 10.5 Å². The Bertz CT molecular complexity index is 719. The van der Waals surface area contributed by atoms with Crippen LogP contribution in [0.5, 0.6) is 5.75 Å². The van der Waals surface area contributed by atoms with Crippen molar-refractivity contribution in [1.82, 2.24) is 4.98 Å². The Morgan fingerprint density at radius 3 is 2.65 bits per heavy atom. The smallest absolute Gasteiger partial charge is 0.123 e. The van der Waals surface area contributed by atoms with Crippen LogP contribution in [0.3, 0.4) is 0 Å². The maximum atomic E-state index is 12.8. The molecule has 1 heterocycles. The molecule has 0 radical (unpaired) electrons. The minimum atomic E-state index is -0.267. The molecule has 0 fully saturated rings. The predicted molar refractivity (Wildman–Crippen MR) is 76.9 cm³/mol. The van der Waals surface area contributed by atoms with Crippen LogP contribution >= 0.6 is 0 Å². The van der Waals surface area contributed by atoms with E-state index in [1.807, 2.05) is 18.3 Å². The van der Waals surface area contributed by atoms with E-state index in [2.05, 4.69) is 11.1 Å². The van der Waals surface area contributed by atoms with Gasteiger partial charge in [0.05, 0.1) is 0 Å². The van der Waals surface area contributed by atoms with Crippen molar-refractivity contribution >= 4 is 10.9 Å².